The minimum Gasteiger partial charge on any atom is -0.455 e. The van der Waals surface area contributed by atoms with Crippen molar-refractivity contribution in [2.75, 3.05) is 20.3 Å². The van der Waals surface area contributed by atoms with E-state index in [-0.39, 0.29) is 24.7 Å². The number of allylic oxidation sites excluding steroid dienone is 1. The topological polar surface area (TPSA) is 70.8 Å². The highest BCUT2D eigenvalue weighted by molar-refractivity contribution is 5.71. The lowest BCUT2D eigenvalue weighted by Gasteiger charge is -2.39. The van der Waals surface area contributed by atoms with Crippen molar-refractivity contribution in [2.45, 2.75) is 64.3 Å². The molecule has 4 atom stereocenters. The average molecular weight is 313 g/mol. The minimum atomic E-state index is -0.434. The SMILES string of the molecule is CCCCCCC=C[C@@H]1OC[C@H](C)[C@H](OC)[C@H]1OC(=O)CN. The van der Waals surface area contributed by atoms with Crippen LogP contribution in [0.2, 0.25) is 0 Å². The van der Waals surface area contributed by atoms with Gasteiger partial charge in [-0.15, -0.1) is 0 Å². The van der Waals surface area contributed by atoms with Crippen LogP contribution in [0, 0.1) is 5.92 Å². The van der Waals surface area contributed by atoms with Gasteiger partial charge in [-0.2, -0.15) is 0 Å². The summed E-state index contributed by atoms with van der Waals surface area (Å²) in [5.41, 5.74) is 5.35. The van der Waals surface area contributed by atoms with E-state index in [1.165, 1.54) is 25.7 Å². The molecule has 0 aliphatic carbocycles. The molecule has 2 N–H and O–H groups in total. The van der Waals surface area contributed by atoms with E-state index >= 15 is 0 Å². The van der Waals surface area contributed by atoms with Gasteiger partial charge in [0.1, 0.15) is 12.2 Å². The number of hydrogen-bond donors (Lipinski definition) is 1. The highest BCUT2D eigenvalue weighted by Crippen LogP contribution is 2.26. The summed E-state index contributed by atoms with van der Waals surface area (Å²) in [6, 6.07) is 0. The Morgan fingerprint density at radius 1 is 1.32 bits per heavy atom. The van der Waals surface area contributed by atoms with Crippen LogP contribution < -0.4 is 5.73 Å². The van der Waals surface area contributed by atoms with E-state index in [0.717, 1.165) is 6.42 Å². The molecule has 0 saturated carbocycles. The molecule has 22 heavy (non-hydrogen) atoms. The number of methoxy groups -OCH3 is 1. The lowest BCUT2D eigenvalue weighted by Crippen LogP contribution is -2.52. The van der Waals surface area contributed by atoms with Crippen LogP contribution >= 0.6 is 0 Å². The molecule has 0 bridgehead atoms. The molecule has 0 aromatic rings. The van der Waals surface area contributed by atoms with Crippen molar-refractivity contribution in [3.63, 3.8) is 0 Å². The van der Waals surface area contributed by atoms with E-state index in [1.807, 2.05) is 13.0 Å². The van der Waals surface area contributed by atoms with Crippen LogP contribution in [0.3, 0.4) is 0 Å². The van der Waals surface area contributed by atoms with E-state index < -0.39 is 12.1 Å². The van der Waals surface area contributed by atoms with Crippen LogP contribution in [0.1, 0.15) is 46.0 Å². The molecule has 1 saturated heterocycles. The normalized spacial score (nSPS) is 28.9. The Bertz CT molecular complexity index is 346. The predicted octanol–water partition coefficient (Wildman–Crippen LogP) is 2.43. The average Bonchev–Trinajstić information content (AvgIpc) is 2.52. The third-order valence-corrected chi connectivity index (χ3v) is 4.02. The van der Waals surface area contributed by atoms with Gasteiger partial charge >= 0.3 is 5.97 Å². The summed E-state index contributed by atoms with van der Waals surface area (Å²) in [4.78, 5) is 11.6. The molecule has 0 spiro atoms. The second-order valence-electron chi connectivity index (χ2n) is 5.91. The molecule has 1 fully saturated rings. The first-order chi connectivity index (χ1) is 10.6. The fourth-order valence-corrected chi connectivity index (χ4v) is 2.75. The van der Waals surface area contributed by atoms with E-state index in [0.29, 0.717) is 6.61 Å². The zero-order chi connectivity index (χ0) is 16.4. The van der Waals surface area contributed by atoms with E-state index in [2.05, 4.69) is 13.0 Å². The second kappa shape index (κ2) is 10.8. The van der Waals surface area contributed by atoms with Gasteiger partial charge in [-0.3, -0.25) is 4.79 Å². The summed E-state index contributed by atoms with van der Waals surface area (Å²) < 4.78 is 16.8. The molecule has 1 aliphatic rings. The molecule has 5 nitrogen and oxygen atoms in total. The van der Waals surface area contributed by atoms with Gasteiger partial charge in [0.15, 0.2) is 6.10 Å². The Hall–Kier alpha value is -0.910. The molecule has 0 amide bonds. The zero-order valence-corrected chi connectivity index (χ0v) is 14.1. The van der Waals surface area contributed by atoms with Gasteiger partial charge < -0.3 is 19.9 Å². The Morgan fingerprint density at radius 3 is 2.73 bits per heavy atom. The number of carbonyl (C=O) groups is 1. The van der Waals surface area contributed by atoms with Crippen molar-refractivity contribution in [2.24, 2.45) is 11.7 Å². The zero-order valence-electron chi connectivity index (χ0n) is 14.1. The molecule has 0 aromatic carbocycles. The maximum absolute atomic E-state index is 11.6. The summed E-state index contributed by atoms with van der Waals surface area (Å²) >= 11 is 0. The first-order valence-corrected chi connectivity index (χ1v) is 8.34. The first-order valence-electron chi connectivity index (χ1n) is 8.34. The van der Waals surface area contributed by atoms with Crippen molar-refractivity contribution in [3.05, 3.63) is 12.2 Å². The molecule has 0 radical (unpaired) electrons. The number of rotatable bonds is 9. The summed E-state index contributed by atoms with van der Waals surface area (Å²) in [5.74, 6) is -0.249. The van der Waals surface area contributed by atoms with Crippen LogP contribution in [-0.2, 0) is 19.0 Å². The lowest BCUT2D eigenvalue weighted by atomic mass is 9.93. The molecular weight excluding hydrogens is 282 g/mol. The van der Waals surface area contributed by atoms with Gasteiger partial charge in [-0.05, 0) is 12.8 Å². The predicted molar refractivity (Wildman–Crippen MR) is 86.5 cm³/mol. The molecular formula is C17H31NO4. The molecule has 128 valence electrons. The van der Waals surface area contributed by atoms with Crippen molar-refractivity contribution in [1.29, 1.82) is 0 Å². The summed E-state index contributed by atoms with van der Waals surface area (Å²) in [6.45, 7) is 4.70. The Kier molecular flexibility index (Phi) is 9.36. The third-order valence-electron chi connectivity index (χ3n) is 4.02. The van der Waals surface area contributed by atoms with Gasteiger partial charge in [0, 0.05) is 13.0 Å². The smallest absolute Gasteiger partial charge is 0.320 e. The lowest BCUT2D eigenvalue weighted by molar-refractivity contribution is -0.189. The third kappa shape index (κ3) is 6.07. The second-order valence-corrected chi connectivity index (χ2v) is 5.91. The molecule has 0 unspecified atom stereocenters. The standard InChI is InChI=1S/C17H31NO4/c1-4-5-6-7-8-9-10-14-17(22-15(19)11-18)16(20-3)13(2)12-21-14/h9-10,13-14,16-17H,4-8,11-12,18H2,1-3H3/t13-,14-,16-,17-/m0/s1. The molecule has 1 heterocycles. The van der Waals surface area contributed by atoms with E-state index in [4.69, 9.17) is 19.9 Å². The van der Waals surface area contributed by atoms with Gasteiger partial charge in [-0.1, -0.05) is 45.3 Å². The summed E-state index contributed by atoms with van der Waals surface area (Å²) in [6.07, 6.45) is 9.20. The van der Waals surface area contributed by atoms with Crippen LogP contribution in [0.4, 0.5) is 0 Å². The maximum Gasteiger partial charge on any atom is 0.320 e. The van der Waals surface area contributed by atoms with Crippen molar-refractivity contribution in [3.8, 4) is 0 Å². The highest BCUT2D eigenvalue weighted by atomic mass is 16.6. The molecule has 5 heteroatoms. The quantitative estimate of drug-likeness (QED) is 0.402. The summed E-state index contributed by atoms with van der Waals surface area (Å²) in [7, 11) is 1.64. The fraction of sp³-hybridized carbons (Fsp3) is 0.824. The highest BCUT2D eigenvalue weighted by Gasteiger charge is 2.40. The number of hydrogen-bond acceptors (Lipinski definition) is 5. The van der Waals surface area contributed by atoms with Crippen LogP contribution in [0.15, 0.2) is 12.2 Å². The maximum atomic E-state index is 11.6. The van der Waals surface area contributed by atoms with Gasteiger partial charge in [0.2, 0.25) is 0 Å². The molecule has 1 rings (SSSR count). The number of ether oxygens (including phenoxy) is 3. The minimum absolute atomic E-state index is 0.130. The van der Waals surface area contributed by atoms with Crippen LogP contribution in [-0.4, -0.2) is 44.5 Å². The Labute approximate surface area is 134 Å². The van der Waals surface area contributed by atoms with Crippen LogP contribution in [0.5, 0.6) is 0 Å². The van der Waals surface area contributed by atoms with E-state index in [9.17, 15) is 4.79 Å². The van der Waals surface area contributed by atoms with Gasteiger partial charge in [-0.25, -0.2) is 0 Å². The number of unbranched alkanes of at least 4 members (excludes halogenated alkanes) is 4. The largest absolute Gasteiger partial charge is 0.455 e. The number of nitrogens with two attached hydrogens (primary N) is 1. The van der Waals surface area contributed by atoms with Crippen molar-refractivity contribution >= 4 is 5.97 Å². The first kappa shape index (κ1) is 19.1. The van der Waals surface area contributed by atoms with Crippen LogP contribution in [0.25, 0.3) is 0 Å². The summed E-state index contributed by atoms with van der Waals surface area (Å²) in [5, 5.41) is 0. The monoisotopic (exact) mass is 313 g/mol. The number of carbonyl (C=O) groups excluding carboxylic acids is 1. The molecule has 1 aliphatic heterocycles. The Morgan fingerprint density at radius 2 is 2.09 bits per heavy atom. The molecule has 0 aromatic heterocycles. The van der Waals surface area contributed by atoms with Crippen molar-refractivity contribution < 1.29 is 19.0 Å². The van der Waals surface area contributed by atoms with Crippen molar-refractivity contribution in [1.82, 2.24) is 0 Å². The number of esters is 1. The Balaban J connectivity index is 2.59. The fourth-order valence-electron chi connectivity index (χ4n) is 2.75. The van der Waals surface area contributed by atoms with Gasteiger partial charge in [0.05, 0.1) is 13.2 Å². The van der Waals surface area contributed by atoms with E-state index in [1.54, 1.807) is 7.11 Å². The van der Waals surface area contributed by atoms with Gasteiger partial charge in [0.25, 0.3) is 0 Å².